The molecule has 0 bridgehead atoms. The molecule has 0 amide bonds. The molecule has 0 radical (unpaired) electrons. The third-order valence-corrected chi connectivity index (χ3v) is 2.15. The predicted molar refractivity (Wildman–Crippen MR) is 54.7 cm³/mol. The second kappa shape index (κ2) is 4.96. The Balaban J connectivity index is 2.44. The maximum absolute atomic E-state index is 12.6. The third-order valence-electron chi connectivity index (χ3n) is 2.15. The lowest BCUT2D eigenvalue weighted by Crippen LogP contribution is -2.11. The van der Waals surface area contributed by atoms with Crippen LogP contribution in [0.15, 0.2) is 15.0 Å². The van der Waals surface area contributed by atoms with Crippen LogP contribution in [0.1, 0.15) is 22.0 Å². The van der Waals surface area contributed by atoms with Crippen molar-refractivity contribution in [2.75, 3.05) is 7.11 Å². The van der Waals surface area contributed by atoms with Gasteiger partial charge < -0.3 is 18.8 Å². The van der Waals surface area contributed by atoms with Crippen LogP contribution < -0.4 is 0 Å². The van der Waals surface area contributed by atoms with Crippen molar-refractivity contribution in [1.29, 1.82) is 0 Å². The summed E-state index contributed by atoms with van der Waals surface area (Å²) in [4.78, 5) is 13.8. The Hall–Kier alpha value is -2.36. The van der Waals surface area contributed by atoms with Crippen LogP contribution in [0.2, 0.25) is 0 Å². The fraction of sp³-hybridized carbons (Fsp3) is 0.300. The Morgan fingerprint density at radius 3 is 2.70 bits per heavy atom. The van der Waals surface area contributed by atoms with Gasteiger partial charge in [-0.25, -0.2) is 9.78 Å². The minimum atomic E-state index is -4.95. The Bertz CT molecular complexity index is 631. The lowest BCUT2D eigenvalue weighted by atomic mass is 10.3. The molecule has 0 aromatic carbocycles. The van der Waals surface area contributed by atoms with E-state index in [2.05, 4.69) is 14.6 Å². The highest BCUT2D eigenvalue weighted by Crippen LogP contribution is 2.34. The highest BCUT2D eigenvalue weighted by Gasteiger charge is 2.41. The number of ether oxygens (including phenoxy) is 1. The van der Waals surface area contributed by atoms with Gasteiger partial charge in [0, 0.05) is 13.2 Å². The van der Waals surface area contributed by atoms with E-state index in [1.54, 1.807) is 0 Å². The number of carboxylic acid groups (broad SMARTS) is 1. The van der Waals surface area contributed by atoms with Crippen molar-refractivity contribution in [3.63, 3.8) is 0 Å². The zero-order valence-corrected chi connectivity index (χ0v) is 9.89. The van der Waals surface area contributed by atoms with Crippen LogP contribution in [0.25, 0.3) is 11.6 Å². The van der Waals surface area contributed by atoms with Gasteiger partial charge in [0.25, 0.3) is 0 Å². The minimum absolute atomic E-state index is 0.0472. The fourth-order valence-corrected chi connectivity index (χ4v) is 1.39. The summed E-state index contributed by atoms with van der Waals surface area (Å²) in [5.74, 6) is -3.55. The van der Waals surface area contributed by atoms with Crippen LogP contribution in [0, 0.1) is 0 Å². The van der Waals surface area contributed by atoms with Gasteiger partial charge in [-0.2, -0.15) is 13.2 Å². The SMILES string of the molecule is COCc1cc(-c2nc(C(F)(F)F)c(C(=O)O)o2)no1. The monoisotopic (exact) mass is 292 g/mol. The van der Waals surface area contributed by atoms with E-state index in [4.69, 9.17) is 14.4 Å². The second-order valence-corrected chi connectivity index (χ2v) is 3.61. The average Bonchev–Trinajstić information content (AvgIpc) is 2.93. The lowest BCUT2D eigenvalue weighted by Gasteiger charge is -2.00. The topological polar surface area (TPSA) is 98.6 Å². The molecule has 0 aliphatic carbocycles. The molecule has 0 fully saturated rings. The zero-order valence-electron chi connectivity index (χ0n) is 9.89. The third kappa shape index (κ3) is 2.64. The highest BCUT2D eigenvalue weighted by atomic mass is 19.4. The summed E-state index contributed by atoms with van der Waals surface area (Å²) in [6.45, 7) is 0.0472. The molecule has 0 atom stereocenters. The summed E-state index contributed by atoms with van der Waals surface area (Å²) in [7, 11) is 1.39. The number of aromatic carboxylic acids is 1. The van der Waals surface area contributed by atoms with E-state index in [-0.39, 0.29) is 18.1 Å². The van der Waals surface area contributed by atoms with Crippen molar-refractivity contribution in [2.24, 2.45) is 0 Å². The minimum Gasteiger partial charge on any atom is -0.475 e. The van der Waals surface area contributed by atoms with Gasteiger partial charge in [0.2, 0.25) is 11.7 Å². The maximum Gasteiger partial charge on any atom is 0.437 e. The molecule has 108 valence electrons. The summed E-state index contributed by atoms with van der Waals surface area (Å²) < 4.78 is 51.9. The highest BCUT2D eigenvalue weighted by molar-refractivity contribution is 5.86. The molecule has 10 heteroatoms. The van der Waals surface area contributed by atoms with Gasteiger partial charge in [0.15, 0.2) is 17.1 Å². The summed E-state index contributed by atoms with van der Waals surface area (Å²) in [5.41, 5.74) is -1.79. The van der Waals surface area contributed by atoms with Gasteiger partial charge in [0.1, 0.15) is 6.61 Å². The van der Waals surface area contributed by atoms with E-state index in [1.165, 1.54) is 13.2 Å². The molecular weight excluding hydrogens is 285 g/mol. The van der Waals surface area contributed by atoms with E-state index in [1.807, 2.05) is 0 Å². The van der Waals surface area contributed by atoms with Crippen LogP contribution in [0.5, 0.6) is 0 Å². The van der Waals surface area contributed by atoms with Crippen molar-refractivity contribution >= 4 is 5.97 Å². The van der Waals surface area contributed by atoms with Crippen LogP contribution in [-0.2, 0) is 17.5 Å². The molecule has 0 saturated heterocycles. The first-order chi connectivity index (χ1) is 9.32. The standard InChI is InChI=1S/C10H7F3N2O5/c1-18-3-4-2-5(15-20-4)8-14-7(10(11,12)13)6(19-8)9(16)17/h2H,3H2,1H3,(H,16,17). The summed E-state index contributed by atoms with van der Waals surface area (Å²) in [6, 6.07) is 1.24. The molecule has 0 saturated carbocycles. The van der Waals surface area contributed by atoms with Crippen LogP contribution in [0.4, 0.5) is 13.2 Å². The summed E-state index contributed by atoms with van der Waals surface area (Å²) >= 11 is 0. The molecule has 2 aromatic rings. The Morgan fingerprint density at radius 2 is 2.20 bits per heavy atom. The van der Waals surface area contributed by atoms with Gasteiger partial charge in [-0.05, 0) is 0 Å². The molecule has 1 N–H and O–H groups in total. The number of hydrogen-bond acceptors (Lipinski definition) is 6. The second-order valence-electron chi connectivity index (χ2n) is 3.61. The number of hydrogen-bond donors (Lipinski definition) is 1. The molecular formula is C10H7F3N2O5. The van der Waals surface area contributed by atoms with E-state index in [0.717, 1.165) is 0 Å². The molecule has 2 rings (SSSR count). The Labute approximate surface area is 108 Å². The smallest absolute Gasteiger partial charge is 0.437 e. The van der Waals surface area contributed by atoms with Crippen LogP contribution in [0.3, 0.4) is 0 Å². The number of carbonyl (C=O) groups is 1. The number of nitrogens with zero attached hydrogens (tertiary/aromatic N) is 2. The number of rotatable bonds is 4. The molecule has 0 aliphatic rings. The molecule has 0 aliphatic heterocycles. The quantitative estimate of drug-likeness (QED) is 0.922. The van der Waals surface area contributed by atoms with Gasteiger partial charge in [-0.15, -0.1) is 0 Å². The average molecular weight is 292 g/mol. The van der Waals surface area contributed by atoms with E-state index in [0.29, 0.717) is 0 Å². The number of aromatic nitrogens is 2. The molecule has 7 nitrogen and oxygen atoms in total. The van der Waals surface area contributed by atoms with Crippen molar-refractivity contribution in [2.45, 2.75) is 12.8 Å². The molecule has 20 heavy (non-hydrogen) atoms. The van der Waals surface area contributed by atoms with Gasteiger partial charge in [-0.3, -0.25) is 0 Å². The van der Waals surface area contributed by atoms with E-state index < -0.39 is 29.5 Å². The van der Waals surface area contributed by atoms with Crippen molar-refractivity contribution < 1.29 is 36.7 Å². The first kappa shape index (κ1) is 14.1. The summed E-state index contributed by atoms with van der Waals surface area (Å²) in [6.07, 6.45) is -4.95. The number of methoxy groups -OCH3 is 1. The Morgan fingerprint density at radius 1 is 1.50 bits per heavy atom. The Kier molecular flexibility index (Phi) is 3.49. The van der Waals surface area contributed by atoms with Crippen LogP contribution in [-0.4, -0.2) is 28.3 Å². The largest absolute Gasteiger partial charge is 0.475 e. The van der Waals surface area contributed by atoms with Crippen LogP contribution >= 0.6 is 0 Å². The first-order valence-corrected chi connectivity index (χ1v) is 5.09. The normalized spacial score (nSPS) is 11.8. The molecule has 2 aromatic heterocycles. The summed E-state index contributed by atoms with van der Waals surface area (Å²) in [5, 5.41) is 12.1. The molecule has 0 spiro atoms. The number of oxazole rings is 1. The van der Waals surface area contributed by atoms with Crippen molar-refractivity contribution in [3.8, 4) is 11.6 Å². The lowest BCUT2D eigenvalue weighted by molar-refractivity contribution is -0.141. The number of halogens is 3. The van der Waals surface area contributed by atoms with Gasteiger partial charge in [-0.1, -0.05) is 5.16 Å². The number of alkyl halides is 3. The maximum atomic E-state index is 12.6. The van der Waals surface area contributed by atoms with Crippen molar-refractivity contribution in [1.82, 2.24) is 10.1 Å². The first-order valence-electron chi connectivity index (χ1n) is 5.09. The van der Waals surface area contributed by atoms with Gasteiger partial charge in [0.05, 0.1) is 0 Å². The van der Waals surface area contributed by atoms with E-state index >= 15 is 0 Å². The zero-order chi connectivity index (χ0) is 14.9. The van der Waals surface area contributed by atoms with Gasteiger partial charge >= 0.3 is 12.1 Å². The molecule has 2 heterocycles. The molecule has 0 unspecified atom stereocenters. The predicted octanol–water partition coefficient (Wildman–Crippen LogP) is 2.19. The number of carboxylic acids is 1. The van der Waals surface area contributed by atoms with Crippen molar-refractivity contribution in [3.05, 3.63) is 23.3 Å². The van der Waals surface area contributed by atoms with E-state index in [9.17, 15) is 18.0 Å². The fourth-order valence-electron chi connectivity index (χ4n) is 1.39.